The van der Waals surface area contributed by atoms with Crippen molar-refractivity contribution in [3.8, 4) is 11.3 Å². The van der Waals surface area contributed by atoms with Crippen molar-refractivity contribution in [2.75, 3.05) is 19.5 Å². The third kappa shape index (κ3) is 3.04. The van der Waals surface area contributed by atoms with Crippen molar-refractivity contribution in [1.82, 2.24) is 4.98 Å². The number of nitrogen functional groups attached to an aromatic ring is 1. The first-order valence-electron chi connectivity index (χ1n) is 5.60. The fourth-order valence-electron chi connectivity index (χ4n) is 1.67. The van der Waals surface area contributed by atoms with Crippen LogP contribution in [0.4, 0.5) is 5.82 Å². The molecule has 0 amide bonds. The first-order chi connectivity index (χ1) is 8.29. The van der Waals surface area contributed by atoms with Crippen LogP contribution in [0.3, 0.4) is 0 Å². The molecule has 0 atom stereocenters. The molecule has 0 saturated carbocycles. The van der Waals surface area contributed by atoms with Gasteiger partial charge in [0, 0.05) is 12.7 Å². The Balaban J connectivity index is 2.17. The molecule has 2 rings (SSSR count). The number of aromatic nitrogens is 1. The van der Waals surface area contributed by atoms with Crippen LogP contribution in [0.15, 0.2) is 42.5 Å². The molecule has 88 valence electrons. The second-order valence-corrected chi connectivity index (χ2v) is 3.89. The molecule has 1 heterocycles. The van der Waals surface area contributed by atoms with E-state index in [1.54, 1.807) is 13.2 Å². The number of methoxy groups -OCH3 is 1. The second kappa shape index (κ2) is 5.46. The minimum atomic E-state index is 0.547. The first kappa shape index (κ1) is 11.6. The van der Waals surface area contributed by atoms with Gasteiger partial charge in [-0.25, -0.2) is 4.98 Å². The van der Waals surface area contributed by atoms with Gasteiger partial charge in [-0.3, -0.25) is 0 Å². The Morgan fingerprint density at radius 3 is 2.53 bits per heavy atom. The molecule has 0 bridgehead atoms. The van der Waals surface area contributed by atoms with Crippen LogP contribution < -0.4 is 5.73 Å². The third-order valence-corrected chi connectivity index (χ3v) is 2.62. The Hall–Kier alpha value is -1.87. The highest BCUT2D eigenvalue weighted by molar-refractivity contribution is 5.61. The van der Waals surface area contributed by atoms with Crippen molar-refractivity contribution in [3.05, 3.63) is 48.0 Å². The fourth-order valence-corrected chi connectivity index (χ4v) is 1.67. The summed E-state index contributed by atoms with van der Waals surface area (Å²) in [5.41, 5.74) is 8.92. The molecule has 0 spiro atoms. The van der Waals surface area contributed by atoms with Gasteiger partial charge in [0.25, 0.3) is 0 Å². The smallest absolute Gasteiger partial charge is 0.124 e. The largest absolute Gasteiger partial charge is 0.384 e. The van der Waals surface area contributed by atoms with Crippen LogP contribution in [-0.4, -0.2) is 18.7 Å². The summed E-state index contributed by atoms with van der Waals surface area (Å²) in [5, 5.41) is 0. The van der Waals surface area contributed by atoms with Gasteiger partial charge in [0.05, 0.1) is 12.3 Å². The maximum absolute atomic E-state index is 5.66. The first-order valence-corrected chi connectivity index (χ1v) is 5.60. The van der Waals surface area contributed by atoms with Gasteiger partial charge in [-0.15, -0.1) is 0 Å². The number of nitrogens with zero attached hydrogens (tertiary/aromatic N) is 1. The highest BCUT2D eigenvalue weighted by Gasteiger charge is 2.00. The van der Waals surface area contributed by atoms with Crippen molar-refractivity contribution in [1.29, 1.82) is 0 Å². The van der Waals surface area contributed by atoms with Crippen molar-refractivity contribution >= 4 is 5.82 Å². The van der Waals surface area contributed by atoms with Crippen molar-refractivity contribution in [2.45, 2.75) is 6.42 Å². The quantitative estimate of drug-likeness (QED) is 0.874. The van der Waals surface area contributed by atoms with Crippen LogP contribution in [0, 0.1) is 0 Å². The van der Waals surface area contributed by atoms with E-state index in [0.29, 0.717) is 5.82 Å². The molecule has 3 nitrogen and oxygen atoms in total. The van der Waals surface area contributed by atoms with E-state index in [-0.39, 0.29) is 0 Å². The van der Waals surface area contributed by atoms with E-state index in [1.165, 1.54) is 5.56 Å². The Kier molecular flexibility index (Phi) is 3.73. The molecular formula is C14H16N2O. The highest BCUT2D eigenvalue weighted by Crippen LogP contribution is 2.18. The number of pyridine rings is 1. The Morgan fingerprint density at radius 2 is 1.88 bits per heavy atom. The molecule has 0 fully saturated rings. The summed E-state index contributed by atoms with van der Waals surface area (Å²) < 4.78 is 5.05. The lowest BCUT2D eigenvalue weighted by Crippen LogP contribution is -1.94. The van der Waals surface area contributed by atoms with Gasteiger partial charge in [-0.2, -0.15) is 0 Å². The normalized spacial score (nSPS) is 10.4. The molecule has 0 aliphatic heterocycles. The maximum atomic E-state index is 5.66. The van der Waals surface area contributed by atoms with Gasteiger partial charge in [-0.05, 0) is 24.1 Å². The molecule has 0 aliphatic carbocycles. The zero-order chi connectivity index (χ0) is 12.1. The number of hydrogen-bond donors (Lipinski definition) is 1. The number of ether oxygens (including phenoxy) is 1. The summed E-state index contributed by atoms with van der Waals surface area (Å²) >= 11 is 0. The summed E-state index contributed by atoms with van der Waals surface area (Å²) in [6, 6.07) is 14.0. The summed E-state index contributed by atoms with van der Waals surface area (Å²) in [5.74, 6) is 0.547. The minimum absolute atomic E-state index is 0.547. The maximum Gasteiger partial charge on any atom is 0.124 e. The molecular weight excluding hydrogens is 212 g/mol. The predicted molar refractivity (Wildman–Crippen MR) is 69.7 cm³/mol. The van der Waals surface area contributed by atoms with E-state index in [4.69, 9.17) is 10.5 Å². The Labute approximate surface area is 101 Å². The van der Waals surface area contributed by atoms with Gasteiger partial charge >= 0.3 is 0 Å². The molecule has 0 unspecified atom stereocenters. The molecule has 2 N–H and O–H groups in total. The Bertz CT molecular complexity index is 480. The van der Waals surface area contributed by atoms with E-state index in [0.717, 1.165) is 24.3 Å². The number of hydrogen-bond acceptors (Lipinski definition) is 3. The van der Waals surface area contributed by atoms with Gasteiger partial charge in [0.2, 0.25) is 0 Å². The van der Waals surface area contributed by atoms with Crippen LogP contribution in [0.25, 0.3) is 11.3 Å². The summed E-state index contributed by atoms with van der Waals surface area (Å²) in [7, 11) is 1.71. The van der Waals surface area contributed by atoms with E-state index in [1.807, 2.05) is 12.1 Å². The monoisotopic (exact) mass is 228 g/mol. The van der Waals surface area contributed by atoms with Crippen LogP contribution in [0.5, 0.6) is 0 Å². The highest BCUT2D eigenvalue weighted by atomic mass is 16.5. The average molecular weight is 228 g/mol. The van der Waals surface area contributed by atoms with Gasteiger partial charge < -0.3 is 10.5 Å². The lowest BCUT2D eigenvalue weighted by molar-refractivity contribution is 0.202. The molecule has 1 aromatic carbocycles. The number of anilines is 1. The van der Waals surface area contributed by atoms with E-state index < -0.39 is 0 Å². The molecule has 0 radical (unpaired) electrons. The molecule has 3 heteroatoms. The van der Waals surface area contributed by atoms with E-state index in [9.17, 15) is 0 Å². The average Bonchev–Trinajstić information content (AvgIpc) is 2.37. The SMILES string of the molecule is COCCc1ccc(-c2cccc(N)n2)cc1. The lowest BCUT2D eigenvalue weighted by Gasteiger charge is -2.04. The number of benzene rings is 1. The van der Waals surface area contributed by atoms with Crippen molar-refractivity contribution in [3.63, 3.8) is 0 Å². The fraction of sp³-hybridized carbons (Fsp3) is 0.214. The topological polar surface area (TPSA) is 48.1 Å². The minimum Gasteiger partial charge on any atom is -0.384 e. The van der Waals surface area contributed by atoms with Crippen LogP contribution in [-0.2, 0) is 11.2 Å². The standard InChI is InChI=1S/C14H16N2O/c1-17-10-9-11-5-7-12(8-6-11)13-3-2-4-14(15)16-13/h2-8H,9-10H2,1H3,(H2,15,16). The summed E-state index contributed by atoms with van der Waals surface area (Å²) in [4.78, 5) is 4.29. The summed E-state index contributed by atoms with van der Waals surface area (Å²) in [6.45, 7) is 0.746. The zero-order valence-electron chi connectivity index (χ0n) is 9.89. The number of nitrogens with two attached hydrogens (primary N) is 1. The summed E-state index contributed by atoms with van der Waals surface area (Å²) in [6.07, 6.45) is 0.932. The molecule has 17 heavy (non-hydrogen) atoms. The van der Waals surface area contributed by atoms with Crippen LogP contribution in [0.1, 0.15) is 5.56 Å². The number of rotatable bonds is 4. The van der Waals surface area contributed by atoms with Crippen LogP contribution in [0.2, 0.25) is 0 Å². The lowest BCUT2D eigenvalue weighted by atomic mass is 10.1. The van der Waals surface area contributed by atoms with Gasteiger partial charge in [0.1, 0.15) is 5.82 Å². The molecule has 0 saturated heterocycles. The molecule has 0 aliphatic rings. The van der Waals surface area contributed by atoms with Crippen molar-refractivity contribution < 1.29 is 4.74 Å². The van der Waals surface area contributed by atoms with E-state index in [2.05, 4.69) is 29.2 Å². The van der Waals surface area contributed by atoms with Crippen LogP contribution >= 0.6 is 0 Å². The van der Waals surface area contributed by atoms with Gasteiger partial charge in [0.15, 0.2) is 0 Å². The van der Waals surface area contributed by atoms with E-state index >= 15 is 0 Å². The van der Waals surface area contributed by atoms with Gasteiger partial charge in [-0.1, -0.05) is 30.3 Å². The molecule has 1 aromatic heterocycles. The molecule has 2 aromatic rings. The van der Waals surface area contributed by atoms with Crippen molar-refractivity contribution in [2.24, 2.45) is 0 Å². The predicted octanol–water partition coefficient (Wildman–Crippen LogP) is 2.52. The Morgan fingerprint density at radius 1 is 1.12 bits per heavy atom. The second-order valence-electron chi connectivity index (χ2n) is 3.89. The zero-order valence-corrected chi connectivity index (χ0v) is 9.89. The third-order valence-electron chi connectivity index (χ3n) is 2.62.